The van der Waals surface area contributed by atoms with Crippen LogP contribution in [0.25, 0.3) is 0 Å². The molecule has 0 spiro atoms. The highest BCUT2D eigenvalue weighted by Gasteiger charge is 2.09. The van der Waals surface area contributed by atoms with E-state index in [9.17, 15) is 4.79 Å². The highest BCUT2D eigenvalue weighted by atomic mass is 79.9. The van der Waals surface area contributed by atoms with Crippen molar-refractivity contribution in [2.75, 3.05) is 6.61 Å². The monoisotopic (exact) mass is 352 g/mol. The molecular weight excluding hydrogens is 340 g/mol. The van der Waals surface area contributed by atoms with Gasteiger partial charge < -0.3 is 4.74 Å². The molecule has 0 aromatic heterocycles. The van der Waals surface area contributed by atoms with E-state index in [4.69, 9.17) is 16.3 Å². The Balaban J connectivity index is 1.95. The first-order valence-corrected chi connectivity index (χ1v) is 7.41. The molecule has 2 aromatic rings. The Morgan fingerprint density at radius 1 is 1.25 bits per heavy atom. The van der Waals surface area contributed by atoms with E-state index >= 15 is 0 Å². The Labute approximate surface area is 131 Å². The summed E-state index contributed by atoms with van der Waals surface area (Å²) in [5, 5.41) is 0.545. The molecule has 2 nitrogen and oxygen atoms in total. The summed E-state index contributed by atoms with van der Waals surface area (Å²) in [4.78, 5) is 11.9. The molecule has 0 aliphatic rings. The number of halogens is 2. The first-order chi connectivity index (χ1) is 9.58. The summed E-state index contributed by atoms with van der Waals surface area (Å²) >= 11 is 9.50. The molecule has 20 heavy (non-hydrogen) atoms. The van der Waals surface area contributed by atoms with Crippen LogP contribution in [0.4, 0.5) is 0 Å². The Kier molecular flexibility index (Phi) is 5.21. The van der Waals surface area contributed by atoms with Crippen molar-refractivity contribution >= 4 is 33.3 Å². The van der Waals surface area contributed by atoms with Crippen molar-refractivity contribution in [3.63, 3.8) is 0 Å². The Morgan fingerprint density at radius 3 is 2.60 bits per heavy atom. The fourth-order valence-electron chi connectivity index (χ4n) is 1.89. The number of rotatable bonds is 5. The van der Waals surface area contributed by atoms with Crippen LogP contribution in [-0.4, -0.2) is 12.4 Å². The third-order valence-corrected chi connectivity index (χ3v) is 3.60. The molecule has 0 heterocycles. The summed E-state index contributed by atoms with van der Waals surface area (Å²) in [6.45, 7) is 2.24. The maximum atomic E-state index is 11.9. The van der Waals surface area contributed by atoms with Gasteiger partial charge in [0.25, 0.3) is 0 Å². The van der Waals surface area contributed by atoms with E-state index in [0.717, 1.165) is 10.0 Å². The molecule has 2 rings (SSSR count). The zero-order valence-corrected chi connectivity index (χ0v) is 13.4. The number of hydrogen-bond donors (Lipinski definition) is 0. The van der Waals surface area contributed by atoms with Gasteiger partial charge in [0.05, 0.1) is 11.6 Å². The molecule has 0 bridgehead atoms. The van der Waals surface area contributed by atoms with E-state index in [1.54, 1.807) is 18.2 Å². The molecular formula is C16H14BrClO2. The van der Waals surface area contributed by atoms with Gasteiger partial charge in [-0.2, -0.15) is 0 Å². The van der Waals surface area contributed by atoms with E-state index in [1.807, 2.05) is 31.2 Å². The maximum absolute atomic E-state index is 11.9. The third kappa shape index (κ3) is 3.84. The van der Waals surface area contributed by atoms with Gasteiger partial charge in [-0.3, -0.25) is 4.79 Å². The second kappa shape index (κ2) is 6.91. The topological polar surface area (TPSA) is 26.3 Å². The van der Waals surface area contributed by atoms with Gasteiger partial charge in [0.15, 0.2) is 5.78 Å². The summed E-state index contributed by atoms with van der Waals surface area (Å²) in [7, 11) is 0. The standard InChI is InChI=1S/C16H14BrClO2/c1-11-9-13(17)10-14(18)16(11)20-8-7-15(19)12-5-3-2-4-6-12/h2-6,9-10H,7-8H2,1H3. The Bertz CT molecular complexity index is 588. The minimum atomic E-state index is 0.0662. The van der Waals surface area contributed by atoms with Crippen molar-refractivity contribution in [2.24, 2.45) is 0 Å². The van der Waals surface area contributed by atoms with E-state index in [0.29, 0.717) is 29.4 Å². The summed E-state index contributed by atoms with van der Waals surface area (Å²) in [6, 6.07) is 12.9. The van der Waals surface area contributed by atoms with Crippen LogP contribution in [0.5, 0.6) is 5.75 Å². The molecule has 0 aliphatic heterocycles. The number of ketones is 1. The molecule has 0 radical (unpaired) electrons. The van der Waals surface area contributed by atoms with Crippen LogP contribution in [0.3, 0.4) is 0 Å². The Morgan fingerprint density at radius 2 is 1.95 bits per heavy atom. The van der Waals surface area contributed by atoms with Crippen molar-refractivity contribution in [3.8, 4) is 5.75 Å². The van der Waals surface area contributed by atoms with E-state index in [2.05, 4.69) is 15.9 Å². The van der Waals surface area contributed by atoms with Crippen LogP contribution in [0.2, 0.25) is 5.02 Å². The summed E-state index contributed by atoms with van der Waals surface area (Å²) in [5.41, 5.74) is 1.64. The minimum Gasteiger partial charge on any atom is -0.491 e. The van der Waals surface area contributed by atoms with Crippen LogP contribution < -0.4 is 4.74 Å². The van der Waals surface area contributed by atoms with Crippen LogP contribution in [0.1, 0.15) is 22.3 Å². The molecule has 0 aliphatic carbocycles. The largest absolute Gasteiger partial charge is 0.491 e. The normalized spacial score (nSPS) is 10.3. The van der Waals surface area contributed by atoms with Gasteiger partial charge in [-0.25, -0.2) is 0 Å². The zero-order chi connectivity index (χ0) is 14.5. The van der Waals surface area contributed by atoms with Crippen molar-refractivity contribution in [1.82, 2.24) is 0 Å². The van der Waals surface area contributed by atoms with Gasteiger partial charge in [0.1, 0.15) is 5.75 Å². The van der Waals surface area contributed by atoms with Gasteiger partial charge in [-0.15, -0.1) is 0 Å². The maximum Gasteiger partial charge on any atom is 0.166 e. The number of hydrogen-bond acceptors (Lipinski definition) is 2. The van der Waals surface area contributed by atoms with Gasteiger partial charge in [-0.05, 0) is 24.6 Å². The van der Waals surface area contributed by atoms with Crippen molar-refractivity contribution in [1.29, 1.82) is 0 Å². The predicted octanol–water partition coefficient (Wildman–Crippen LogP) is 5.06. The van der Waals surface area contributed by atoms with Crippen LogP contribution in [0, 0.1) is 6.92 Å². The molecule has 0 fully saturated rings. The first-order valence-electron chi connectivity index (χ1n) is 6.24. The first kappa shape index (κ1) is 15.1. The molecule has 0 saturated carbocycles. The summed E-state index contributed by atoms with van der Waals surface area (Å²) in [6.07, 6.45) is 0.329. The second-order valence-corrected chi connectivity index (χ2v) is 5.74. The average Bonchev–Trinajstić information content (AvgIpc) is 2.42. The molecule has 0 unspecified atom stereocenters. The molecule has 0 amide bonds. The number of Topliss-reactive ketones (excluding diaryl/α,β-unsaturated/α-hetero) is 1. The van der Waals surface area contributed by atoms with Crippen LogP contribution >= 0.6 is 27.5 Å². The second-order valence-electron chi connectivity index (χ2n) is 4.42. The van der Waals surface area contributed by atoms with Crippen LogP contribution in [-0.2, 0) is 0 Å². The van der Waals surface area contributed by atoms with Gasteiger partial charge in [-0.1, -0.05) is 57.9 Å². The summed E-state index contributed by atoms with van der Waals surface area (Å²) < 4.78 is 6.55. The molecule has 0 atom stereocenters. The van der Waals surface area contributed by atoms with Gasteiger partial charge >= 0.3 is 0 Å². The Hall–Kier alpha value is -1.32. The smallest absolute Gasteiger partial charge is 0.166 e. The summed E-state index contributed by atoms with van der Waals surface area (Å²) in [5.74, 6) is 0.701. The van der Waals surface area contributed by atoms with Crippen molar-refractivity contribution in [3.05, 3.63) is 63.1 Å². The van der Waals surface area contributed by atoms with Crippen molar-refractivity contribution in [2.45, 2.75) is 13.3 Å². The number of ether oxygens (including phenoxy) is 1. The lowest BCUT2D eigenvalue weighted by Gasteiger charge is -2.11. The van der Waals surface area contributed by atoms with Gasteiger partial charge in [0.2, 0.25) is 0 Å². The van der Waals surface area contributed by atoms with E-state index in [-0.39, 0.29) is 5.78 Å². The quantitative estimate of drug-likeness (QED) is 0.702. The zero-order valence-electron chi connectivity index (χ0n) is 11.0. The highest BCUT2D eigenvalue weighted by Crippen LogP contribution is 2.32. The molecule has 0 saturated heterocycles. The lowest BCUT2D eigenvalue weighted by molar-refractivity contribution is 0.0962. The minimum absolute atomic E-state index is 0.0662. The number of benzene rings is 2. The predicted molar refractivity (Wildman–Crippen MR) is 84.8 cm³/mol. The lowest BCUT2D eigenvalue weighted by atomic mass is 10.1. The SMILES string of the molecule is Cc1cc(Br)cc(Cl)c1OCCC(=O)c1ccccc1. The van der Waals surface area contributed by atoms with E-state index in [1.165, 1.54) is 0 Å². The molecule has 2 aromatic carbocycles. The highest BCUT2D eigenvalue weighted by molar-refractivity contribution is 9.10. The fourth-order valence-corrected chi connectivity index (χ4v) is 2.91. The number of carbonyl (C=O) groups excluding carboxylic acids is 1. The molecule has 4 heteroatoms. The lowest BCUT2D eigenvalue weighted by Crippen LogP contribution is -2.07. The van der Waals surface area contributed by atoms with Gasteiger partial charge in [0, 0.05) is 16.5 Å². The number of aryl methyl sites for hydroxylation is 1. The van der Waals surface area contributed by atoms with Crippen molar-refractivity contribution < 1.29 is 9.53 Å². The van der Waals surface area contributed by atoms with Crippen LogP contribution in [0.15, 0.2) is 46.9 Å². The number of carbonyl (C=O) groups is 1. The molecule has 0 N–H and O–H groups in total. The molecule has 104 valence electrons. The average molecular weight is 354 g/mol. The fraction of sp³-hybridized carbons (Fsp3) is 0.188. The van der Waals surface area contributed by atoms with E-state index < -0.39 is 0 Å². The third-order valence-electron chi connectivity index (χ3n) is 2.87.